The van der Waals surface area contributed by atoms with Gasteiger partial charge < -0.3 is 19.7 Å². The van der Waals surface area contributed by atoms with Crippen molar-refractivity contribution in [2.75, 3.05) is 43.1 Å². The third kappa shape index (κ3) is 3.54. The molecule has 2 aliphatic heterocycles. The van der Waals surface area contributed by atoms with E-state index in [0.717, 1.165) is 41.8 Å². The van der Waals surface area contributed by atoms with Crippen molar-refractivity contribution in [3.63, 3.8) is 0 Å². The third-order valence-electron chi connectivity index (χ3n) is 6.11. The maximum absolute atomic E-state index is 6.16. The summed E-state index contributed by atoms with van der Waals surface area (Å²) >= 11 is 0. The monoisotopic (exact) mass is 447 g/mol. The molecule has 4 aromatic heterocycles. The van der Waals surface area contributed by atoms with E-state index in [9.17, 15) is 0 Å². The number of morpholine rings is 1. The molecule has 1 unspecified atom stereocenters. The summed E-state index contributed by atoms with van der Waals surface area (Å²) in [6, 6.07) is 3.97. The van der Waals surface area contributed by atoms with E-state index in [1.165, 1.54) is 0 Å². The van der Waals surface area contributed by atoms with Crippen molar-refractivity contribution < 1.29 is 9.47 Å². The molecule has 11 nitrogen and oxygen atoms in total. The number of rotatable bonds is 1. The highest BCUT2D eigenvalue weighted by molar-refractivity contribution is 5.92. The number of anilines is 3. The molecule has 33 heavy (non-hydrogen) atoms. The van der Waals surface area contributed by atoms with Crippen LogP contribution in [0.5, 0.6) is 5.88 Å². The van der Waals surface area contributed by atoms with Gasteiger partial charge in [-0.15, -0.1) is 0 Å². The van der Waals surface area contributed by atoms with Gasteiger partial charge in [-0.3, -0.25) is 4.68 Å². The van der Waals surface area contributed by atoms with Crippen LogP contribution in [0.3, 0.4) is 0 Å². The molecule has 11 heteroatoms. The largest absolute Gasteiger partial charge is 0.477 e. The number of pyridine rings is 1. The summed E-state index contributed by atoms with van der Waals surface area (Å²) in [5, 5.41) is 13.7. The maximum Gasteiger partial charge on any atom is 0.222 e. The second-order valence-corrected chi connectivity index (χ2v) is 8.32. The normalized spacial score (nSPS) is 18.5. The van der Waals surface area contributed by atoms with Gasteiger partial charge in [-0.05, 0) is 13.0 Å². The zero-order valence-corrected chi connectivity index (χ0v) is 18.6. The Hall–Kier alpha value is -3.73. The van der Waals surface area contributed by atoms with E-state index in [-0.39, 0.29) is 6.04 Å². The molecule has 1 N–H and O–H groups in total. The molecule has 0 saturated carbocycles. The van der Waals surface area contributed by atoms with E-state index in [2.05, 4.69) is 41.9 Å². The lowest BCUT2D eigenvalue weighted by Gasteiger charge is -2.27. The van der Waals surface area contributed by atoms with Gasteiger partial charge >= 0.3 is 0 Å². The van der Waals surface area contributed by atoms with Crippen molar-refractivity contribution in [2.24, 2.45) is 7.05 Å². The summed E-state index contributed by atoms with van der Waals surface area (Å²) in [5.74, 6) is 3.49. The number of aromatic nitrogens is 7. The van der Waals surface area contributed by atoms with E-state index >= 15 is 0 Å². The van der Waals surface area contributed by atoms with Crippen LogP contribution >= 0.6 is 0 Å². The molecule has 1 fully saturated rings. The average Bonchev–Trinajstić information content (AvgIpc) is 3.40. The van der Waals surface area contributed by atoms with Crippen LogP contribution in [0.15, 0.2) is 30.7 Å². The van der Waals surface area contributed by atoms with E-state index in [0.29, 0.717) is 43.2 Å². The number of nitrogens with one attached hydrogen (secondary N) is 1. The van der Waals surface area contributed by atoms with Crippen molar-refractivity contribution in [3.05, 3.63) is 30.7 Å². The van der Waals surface area contributed by atoms with E-state index in [4.69, 9.17) is 14.6 Å². The highest BCUT2D eigenvalue weighted by atomic mass is 16.5. The topological polar surface area (TPSA) is 108 Å². The van der Waals surface area contributed by atoms with Crippen LogP contribution < -0.4 is 15.0 Å². The fraction of sp³-hybridized carbons (Fsp3) is 0.409. The molecular weight excluding hydrogens is 422 g/mol. The second-order valence-electron chi connectivity index (χ2n) is 8.32. The van der Waals surface area contributed by atoms with Crippen LogP contribution in [-0.2, 0) is 11.8 Å². The zero-order chi connectivity index (χ0) is 22.4. The lowest BCUT2D eigenvalue weighted by Crippen LogP contribution is -2.36. The van der Waals surface area contributed by atoms with E-state index < -0.39 is 0 Å². The molecule has 0 aliphatic carbocycles. The molecule has 0 aromatic carbocycles. The summed E-state index contributed by atoms with van der Waals surface area (Å²) in [7, 11) is 1.86. The molecule has 2 aliphatic rings. The summed E-state index contributed by atoms with van der Waals surface area (Å²) in [5.41, 5.74) is 1.78. The van der Waals surface area contributed by atoms with Gasteiger partial charge in [-0.1, -0.05) is 0 Å². The highest BCUT2D eigenvalue weighted by Crippen LogP contribution is 2.33. The Morgan fingerprint density at radius 2 is 1.97 bits per heavy atom. The van der Waals surface area contributed by atoms with Crippen LogP contribution in [0.1, 0.15) is 19.4 Å². The Balaban J connectivity index is 1.47. The Morgan fingerprint density at radius 3 is 2.85 bits per heavy atom. The first-order valence-electron chi connectivity index (χ1n) is 11.1. The average molecular weight is 448 g/mol. The molecule has 1 atom stereocenters. The molecule has 4 aromatic rings. The fourth-order valence-electron chi connectivity index (χ4n) is 4.32. The quantitative estimate of drug-likeness (QED) is 0.471. The van der Waals surface area contributed by atoms with Crippen molar-refractivity contribution in [1.29, 1.82) is 0 Å². The Morgan fingerprint density at radius 1 is 1.09 bits per heavy atom. The van der Waals surface area contributed by atoms with E-state index in [1.54, 1.807) is 17.1 Å². The number of ether oxygens (including phenoxy) is 2. The number of hydrogen-bond acceptors (Lipinski definition) is 9. The van der Waals surface area contributed by atoms with Gasteiger partial charge in [0.25, 0.3) is 0 Å². The van der Waals surface area contributed by atoms with E-state index in [1.807, 2.05) is 25.4 Å². The van der Waals surface area contributed by atoms with Crippen molar-refractivity contribution >= 4 is 28.4 Å². The molecule has 0 spiro atoms. The Kier molecular flexibility index (Phi) is 4.83. The minimum absolute atomic E-state index is 0.117. The smallest absolute Gasteiger partial charge is 0.222 e. The first kappa shape index (κ1) is 19.9. The van der Waals surface area contributed by atoms with Gasteiger partial charge in [0.1, 0.15) is 17.2 Å². The van der Waals surface area contributed by atoms with Gasteiger partial charge in [0, 0.05) is 45.0 Å². The molecular formula is C22H25N9O2. The first-order valence-corrected chi connectivity index (χ1v) is 11.1. The number of aryl methyl sites for hydroxylation is 1. The summed E-state index contributed by atoms with van der Waals surface area (Å²) < 4.78 is 15.5. The van der Waals surface area contributed by atoms with Gasteiger partial charge in [0.15, 0.2) is 11.6 Å². The number of fused-ring (bicyclic) bond motifs is 5. The van der Waals surface area contributed by atoms with Crippen LogP contribution in [0.2, 0.25) is 0 Å². The van der Waals surface area contributed by atoms with Crippen molar-refractivity contribution in [2.45, 2.75) is 19.4 Å². The van der Waals surface area contributed by atoms with Gasteiger partial charge in [-0.25, -0.2) is 19.6 Å². The van der Waals surface area contributed by atoms with Crippen LogP contribution in [0.4, 0.5) is 17.5 Å². The minimum atomic E-state index is 0.117. The van der Waals surface area contributed by atoms with Crippen LogP contribution in [-0.4, -0.2) is 67.4 Å². The molecule has 6 rings (SSSR count). The Bertz CT molecular complexity index is 1310. The number of nitrogens with zero attached hydrogens (tertiary/aromatic N) is 8. The molecule has 1 saturated heterocycles. The summed E-state index contributed by atoms with van der Waals surface area (Å²) in [6.07, 6.45) is 6.11. The highest BCUT2D eigenvalue weighted by Gasteiger charge is 2.23. The summed E-state index contributed by atoms with van der Waals surface area (Å²) in [4.78, 5) is 16.0. The lowest BCUT2D eigenvalue weighted by molar-refractivity contribution is 0.122. The lowest BCUT2D eigenvalue weighted by atomic mass is 10.2. The standard InChI is InChI=1S/C22H25N9O2/c1-14-4-8-33-22-16(13-25-29(22)2)20-23-5-3-18(27-20)26-19-11-17-15(12-24-19)21(28-31(14)17)30-6-9-32-10-7-30/h3,5,11-14H,4,6-10H2,1-2H3,(H,23,24,26,27). The molecule has 0 radical (unpaired) electrons. The maximum atomic E-state index is 6.16. The minimum Gasteiger partial charge on any atom is -0.477 e. The third-order valence-corrected chi connectivity index (χ3v) is 6.11. The molecule has 4 bridgehead atoms. The fourth-order valence-corrected chi connectivity index (χ4v) is 4.32. The molecule has 170 valence electrons. The molecule has 0 amide bonds. The molecule has 6 heterocycles. The first-order chi connectivity index (χ1) is 16.2. The SMILES string of the molecule is CC1CCOc2c(cnn2C)-c2nccc(n2)Nc2cc3c(cn2)c(N2CCOCC2)nn31. The van der Waals surface area contributed by atoms with Crippen LogP contribution in [0, 0.1) is 0 Å². The van der Waals surface area contributed by atoms with Crippen LogP contribution in [0.25, 0.3) is 22.3 Å². The Labute approximate surface area is 190 Å². The predicted octanol–water partition coefficient (Wildman–Crippen LogP) is 2.55. The second kappa shape index (κ2) is 8.00. The van der Waals surface area contributed by atoms with Gasteiger partial charge in [0.2, 0.25) is 5.88 Å². The van der Waals surface area contributed by atoms with Crippen molar-refractivity contribution in [1.82, 2.24) is 34.5 Å². The van der Waals surface area contributed by atoms with Gasteiger partial charge in [-0.2, -0.15) is 10.2 Å². The van der Waals surface area contributed by atoms with Crippen molar-refractivity contribution in [3.8, 4) is 17.3 Å². The summed E-state index contributed by atoms with van der Waals surface area (Å²) in [6.45, 7) is 5.71. The number of hydrogen-bond donors (Lipinski definition) is 1. The van der Waals surface area contributed by atoms with Gasteiger partial charge in [0.05, 0.1) is 43.0 Å². The predicted molar refractivity (Wildman–Crippen MR) is 123 cm³/mol. The zero-order valence-electron chi connectivity index (χ0n) is 18.6.